The minimum atomic E-state index is -3.99. The summed E-state index contributed by atoms with van der Waals surface area (Å²) in [6.07, 6.45) is 0.990. The number of hydrogen-bond donors (Lipinski definition) is 2. The molecule has 1 atom stereocenters. The molecule has 2 aromatic carbocycles. The van der Waals surface area contributed by atoms with Crippen LogP contribution in [-0.4, -0.2) is 71.8 Å². The summed E-state index contributed by atoms with van der Waals surface area (Å²) in [4.78, 5) is 15.2. The second-order valence-corrected chi connectivity index (χ2v) is 9.88. The lowest BCUT2D eigenvalue weighted by Crippen LogP contribution is -2.48. The van der Waals surface area contributed by atoms with E-state index in [0.29, 0.717) is 12.3 Å². The van der Waals surface area contributed by atoms with Crippen molar-refractivity contribution in [2.45, 2.75) is 23.8 Å². The van der Waals surface area contributed by atoms with Gasteiger partial charge in [-0.05, 0) is 43.1 Å². The van der Waals surface area contributed by atoms with E-state index in [4.69, 9.17) is 21.1 Å². The molecule has 2 N–H and O–H groups in total. The largest absolute Gasteiger partial charge is 0.495 e. The molecular formula is C23H30ClN3O5S. The number of ether oxygens (including phenoxy) is 2. The Morgan fingerprint density at radius 3 is 2.58 bits per heavy atom. The van der Waals surface area contributed by atoms with Gasteiger partial charge < -0.3 is 14.8 Å². The summed E-state index contributed by atoms with van der Waals surface area (Å²) in [6, 6.07) is 12.5. The molecule has 1 amide bonds. The molecule has 0 aliphatic carbocycles. The Kier molecular flexibility index (Phi) is 9.52. The van der Waals surface area contributed by atoms with Crippen LogP contribution in [0.5, 0.6) is 5.75 Å². The third-order valence-corrected chi connectivity index (χ3v) is 7.15. The smallest absolute Gasteiger partial charge is 0.241 e. The molecule has 0 unspecified atom stereocenters. The summed E-state index contributed by atoms with van der Waals surface area (Å²) in [5.74, 6) is -0.00141. The van der Waals surface area contributed by atoms with E-state index in [-0.39, 0.29) is 22.2 Å². The number of carbonyl (C=O) groups is 1. The maximum Gasteiger partial charge on any atom is 0.241 e. The highest BCUT2D eigenvalue weighted by Crippen LogP contribution is 2.27. The fraction of sp³-hybridized carbons (Fsp3) is 0.435. The summed E-state index contributed by atoms with van der Waals surface area (Å²) >= 11 is 6.10. The predicted octanol–water partition coefficient (Wildman–Crippen LogP) is 2.08. The van der Waals surface area contributed by atoms with Gasteiger partial charge in [0.05, 0.1) is 30.2 Å². The number of rotatable bonds is 11. The van der Waals surface area contributed by atoms with Gasteiger partial charge in [-0.1, -0.05) is 41.9 Å². The highest BCUT2D eigenvalue weighted by atomic mass is 35.5. The lowest BCUT2D eigenvalue weighted by molar-refractivity contribution is -0.122. The van der Waals surface area contributed by atoms with Crippen LogP contribution >= 0.6 is 11.6 Å². The molecule has 0 aromatic heterocycles. The van der Waals surface area contributed by atoms with Crippen LogP contribution in [-0.2, 0) is 26.0 Å². The highest BCUT2D eigenvalue weighted by molar-refractivity contribution is 7.89. The first-order valence-electron chi connectivity index (χ1n) is 10.9. The zero-order chi connectivity index (χ0) is 23.7. The van der Waals surface area contributed by atoms with Crippen molar-refractivity contribution in [3.63, 3.8) is 0 Å². The van der Waals surface area contributed by atoms with Crippen LogP contribution in [0.1, 0.15) is 12.0 Å². The Balaban J connectivity index is 1.66. The van der Waals surface area contributed by atoms with Gasteiger partial charge in [-0.3, -0.25) is 9.69 Å². The Morgan fingerprint density at radius 1 is 1.18 bits per heavy atom. The summed E-state index contributed by atoms with van der Waals surface area (Å²) in [5.41, 5.74) is 0.849. The molecule has 1 aliphatic rings. The fourth-order valence-corrected chi connectivity index (χ4v) is 5.11. The van der Waals surface area contributed by atoms with Crippen molar-refractivity contribution in [3.8, 4) is 5.75 Å². The van der Waals surface area contributed by atoms with E-state index in [1.54, 1.807) is 0 Å². The van der Waals surface area contributed by atoms with Crippen LogP contribution in [0.3, 0.4) is 0 Å². The Labute approximate surface area is 200 Å². The van der Waals surface area contributed by atoms with Crippen molar-refractivity contribution in [2.75, 3.05) is 46.5 Å². The van der Waals surface area contributed by atoms with E-state index in [1.807, 2.05) is 30.3 Å². The van der Waals surface area contributed by atoms with E-state index in [0.717, 1.165) is 44.8 Å². The van der Waals surface area contributed by atoms with Crippen molar-refractivity contribution in [1.29, 1.82) is 0 Å². The van der Waals surface area contributed by atoms with Crippen molar-refractivity contribution >= 4 is 27.5 Å². The number of amides is 1. The van der Waals surface area contributed by atoms with Crippen LogP contribution in [0.15, 0.2) is 53.4 Å². The van der Waals surface area contributed by atoms with Gasteiger partial charge in [-0.15, -0.1) is 0 Å². The molecule has 2 aromatic rings. The van der Waals surface area contributed by atoms with Gasteiger partial charge in [0.1, 0.15) is 11.8 Å². The third kappa shape index (κ3) is 7.68. The topological polar surface area (TPSA) is 97.0 Å². The molecule has 1 aliphatic heterocycles. The number of morpholine rings is 1. The standard InChI is InChI=1S/C23H30ClN3O5S/c1-31-22-9-8-19(17-20(22)24)33(29,30)26-21(16-18-6-3-2-4-7-18)23(28)25-10-5-11-27-12-14-32-15-13-27/h2-4,6-9,17,21,26H,5,10-16H2,1H3,(H,25,28)/t21-/m0/s1. The lowest BCUT2D eigenvalue weighted by atomic mass is 10.1. The molecule has 0 saturated carbocycles. The first-order valence-corrected chi connectivity index (χ1v) is 12.7. The summed E-state index contributed by atoms with van der Waals surface area (Å²) in [6.45, 7) is 4.52. The molecule has 1 fully saturated rings. The SMILES string of the molecule is COc1ccc(S(=O)(=O)N[C@@H](Cc2ccccc2)C(=O)NCCCN2CCOCC2)cc1Cl. The summed E-state index contributed by atoms with van der Waals surface area (Å²) in [7, 11) is -2.54. The van der Waals surface area contributed by atoms with Crippen LogP contribution in [0.4, 0.5) is 0 Å². The normalized spacial score (nSPS) is 15.7. The summed E-state index contributed by atoms with van der Waals surface area (Å²) in [5, 5.41) is 3.05. The maximum absolute atomic E-state index is 13.0. The average molecular weight is 496 g/mol. The third-order valence-electron chi connectivity index (χ3n) is 5.38. The van der Waals surface area contributed by atoms with E-state index >= 15 is 0 Å². The molecule has 180 valence electrons. The Hall–Kier alpha value is -2.17. The highest BCUT2D eigenvalue weighted by Gasteiger charge is 2.26. The van der Waals surface area contributed by atoms with E-state index in [2.05, 4.69) is 14.9 Å². The van der Waals surface area contributed by atoms with Gasteiger partial charge in [0, 0.05) is 19.6 Å². The first kappa shape index (κ1) is 25.5. The second kappa shape index (κ2) is 12.3. The molecule has 0 radical (unpaired) electrons. The van der Waals surface area contributed by atoms with Gasteiger partial charge in [-0.25, -0.2) is 8.42 Å². The Bertz CT molecular complexity index is 1010. The lowest BCUT2D eigenvalue weighted by Gasteiger charge is -2.26. The molecule has 0 bridgehead atoms. The minimum absolute atomic E-state index is 0.0357. The van der Waals surface area contributed by atoms with Gasteiger partial charge in [-0.2, -0.15) is 4.72 Å². The van der Waals surface area contributed by atoms with Crippen LogP contribution in [0.2, 0.25) is 5.02 Å². The summed E-state index contributed by atoms with van der Waals surface area (Å²) < 4.78 is 39.0. The number of hydrogen-bond acceptors (Lipinski definition) is 6. The number of nitrogens with one attached hydrogen (secondary N) is 2. The number of halogens is 1. The Morgan fingerprint density at radius 2 is 1.91 bits per heavy atom. The van der Waals surface area contributed by atoms with Gasteiger partial charge >= 0.3 is 0 Å². The van der Waals surface area contributed by atoms with Crippen LogP contribution in [0.25, 0.3) is 0 Å². The molecule has 0 spiro atoms. The number of benzene rings is 2. The quantitative estimate of drug-likeness (QED) is 0.463. The molecule has 3 rings (SSSR count). The van der Waals surface area contributed by atoms with Crippen LogP contribution < -0.4 is 14.8 Å². The fourth-order valence-electron chi connectivity index (χ4n) is 3.57. The van der Waals surface area contributed by atoms with Crippen LogP contribution in [0, 0.1) is 0 Å². The zero-order valence-electron chi connectivity index (χ0n) is 18.6. The number of nitrogens with zero attached hydrogens (tertiary/aromatic N) is 1. The zero-order valence-corrected chi connectivity index (χ0v) is 20.2. The van der Waals surface area contributed by atoms with Crippen molar-refractivity contribution in [3.05, 3.63) is 59.1 Å². The second-order valence-electron chi connectivity index (χ2n) is 7.76. The molecule has 8 nitrogen and oxygen atoms in total. The average Bonchev–Trinajstić information content (AvgIpc) is 2.82. The van der Waals surface area contributed by atoms with Gasteiger partial charge in [0.2, 0.25) is 15.9 Å². The predicted molar refractivity (Wildman–Crippen MR) is 127 cm³/mol. The van der Waals surface area contributed by atoms with Gasteiger partial charge in [0.15, 0.2) is 0 Å². The molecule has 33 heavy (non-hydrogen) atoms. The minimum Gasteiger partial charge on any atom is -0.495 e. The number of carbonyl (C=O) groups excluding carboxylic acids is 1. The molecule has 1 saturated heterocycles. The molecule has 1 heterocycles. The molecular weight excluding hydrogens is 466 g/mol. The van der Waals surface area contributed by atoms with E-state index < -0.39 is 16.1 Å². The van der Waals surface area contributed by atoms with Gasteiger partial charge in [0.25, 0.3) is 0 Å². The van der Waals surface area contributed by atoms with Crippen molar-refractivity contribution < 1.29 is 22.7 Å². The monoisotopic (exact) mass is 495 g/mol. The molecule has 10 heteroatoms. The van der Waals surface area contributed by atoms with E-state index in [9.17, 15) is 13.2 Å². The van der Waals surface area contributed by atoms with Crippen molar-refractivity contribution in [2.24, 2.45) is 0 Å². The number of methoxy groups -OCH3 is 1. The van der Waals surface area contributed by atoms with E-state index in [1.165, 1.54) is 25.3 Å². The first-order chi connectivity index (χ1) is 15.9. The van der Waals surface area contributed by atoms with Crippen molar-refractivity contribution in [1.82, 2.24) is 14.9 Å². The number of sulfonamides is 1. The maximum atomic E-state index is 13.0.